The van der Waals surface area contributed by atoms with Crippen molar-refractivity contribution in [2.45, 2.75) is 48.9 Å². The van der Waals surface area contributed by atoms with Crippen molar-refractivity contribution in [3.63, 3.8) is 0 Å². The van der Waals surface area contributed by atoms with Crippen molar-refractivity contribution < 1.29 is 30.5 Å². The first-order chi connectivity index (χ1) is 18.1. The van der Waals surface area contributed by atoms with Crippen molar-refractivity contribution in [1.29, 1.82) is 0 Å². The Kier molecular flexibility index (Phi) is 7.65. The Morgan fingerprint density at radius 3 is 2.13 bits per heavy atom. The SMILES string of the molecule is O=C(C(=NC12CC3CC(CC(C3)C1)C2)NNc1ccc([NH+]([O-])O)cc1[NH+]([O-])O)C(Br)C(=O)c1ccccc1. The van der Waals surface area contributed by atoms with E-state index in [1.807, 2.05) is 0 Å². The number of halogens is 1. The monoisotopic (exact) mass is 587 g/mol. The Hall–Kier alpha value is -2.71. The number of hydrogen-bond donors (Lipinski definition) is 6. The maximum absolute atomic E-state index is 13.7. The number of nitrogens with one attached hydrogen (secondary N) is 4. The summed E-state index contributed by atoms with van der Waals surface area (Å²) in [5.74, 6) is 0.678. The third kappa shape index (κ3) is 5.52. The molecule has 38 heavy (non-hydrogen) atoms. The van der Waals surface area contributed by atoms with Crippen LogP contribution < -0.4 is 21.3 Å². The molecule has 0 radical (unpaired) electrons. The smallest absolute Gasteiger partial charge is 0.220 e. The summed E-state index contributed by atoms with van der Waals surface area (Å²) in [6, 6.07) is 12.1. The summed E-state index contributed by atoms with van der Waals surface area (Å²) >= 11 is 3.28. The molecule has 0 aromatic heterocycles. The number of ketones is 2. The second-order valence-electron chi connectivity index (χ2n) is 10.7. The van der Waals surface area contributed by atoms with Gasteiger partial charge in [-0.3, -0.25) is 25.4 Å². The third-order valence-electron chi connectivity index (χ3n) is 7.92. The Labute approximate surface area is 227 Å². The van der Waals surface area contributed by atoms with E-state index in [1.165, 1.54) is 31.4 Å². The number of amidine groups is 1. The standard InChI is InChI=1S/C26H30BrN5O6/c27-22(23(33)18-4-2-1-3-5-18)24(34)25(28-26-12-15-8-16(13-26)10-17(9-15)14-26)30-29-20-7-6-19(31(35)36)11-21(20)32(37)38/h1-7,11,15-17,22,29,31-32,35,37H,8-10,12-14H2,(H,28,30). The van der Waals surface area contributed by atoms with Crippen LogP contribution in [0.4, 0.5) is 17.1 Å². The Morgan fingerprint density at radius 1 is 0.974 bits per heavy atom. The number of anilines is 1. The normalized spacial score (nSPS) is 28.4. The van der Waals surface area contributed by atoms with Gasteiger partial charge in [-0.2, -0.15) is 10.5 Å². The summed E-state index contributed by atoms with van der Waals surface area (Å²) in [6.07, 6.45) is 6.21. The summed E-state index contributed by atoms with van der Waals surface area (Å²) < 4.78 is 0. The lowest BCUT2D eigenvalue weighted by atomic mass is 9.53. The number of Topliss-reactive ketones (excluding diaryl/α,β-unsaturated/α-hetero) is 2. The van der Waals surface area contributed by atoms with Gasteiger partial charge in [0, 0.05) is 11.6 Å². The van der Waals surface area contributed by atoms with Gasteiger partial charge < -0.3 is 10.4 Å². The number of rotatable bonds is 9. The predicted molar refractivity (Wildman–Crippen MR) is 142 cm³/mol. The second kappa shape index (κ2) is 10.8. The lowest BCUT2D eigenvalue weighted by Gasteiger charge is -2.55. The molecule has 4 aliphatic rings. The maximum Gasteiger partial charge on any atom is 0.220 e. The molecule has 4 bridgehead atoms. The molecular formula is C26H30BrN5O6. The molecule has 0 heterocycles. The summed E-state index contributed by atoms with van der Waals surface area (Å²) in [5, 5.41) is 39.4. The number of alkyl halides is 1. The highest BCUT2D eigenvalue weighted by Crippen LogP contribution is 2.57. The third-order valence-corrected chi connectivity index (χ3v) is 8.75. The van der Waals surface area contributed by atoms with E-state index in [-0.39, 0.29) is 22.9 Å². The van der Waals surface area contributed by atoms with E-state index in [4.69, 9.17) is 4.99 Å². The van der Waals surface area contributed by atoms with Crippen LogP contribution in [0.5, 0.6) is 0 Å². The van der Waals surface area contributed by atoms with Crippen molar-refractivity contribution in [3.8, 4) is 0 Å². The number of hydrazine groups is 1. The fourth-order valence-corrected chi connectivity index (χ4v) is 7.14. The molecule has 3 unspecified atom stereocenters. The Morgan fingerprint density at radius 2 is 1.58 bits per heavy atom. The van der Waals surface area contributed by atoms with Crippen molar-refractivity contribution in [3.05, 3.63) is 64.5 Å². The number of carbonyl (C=O) groups is 2. The molecule has 4 fully saturated rings. The summed E-state index contributed by atoms with van der Waals surface area (Å²) in [6.45, 7) is 0. The molecule has 12 heteroatoms. The van der Waals surface area contributed by atoms with Gasteiger partial charge in [-0.25, -0.2) is 10.4 Å². The average Bonchev–Trinajstić information content (AvgIpc) is 2.89. The van der Waals surface area contributed by atoms with Crippen molar-refractivity contribution >= 4 is 50.4 Å². The van der Waals surface area contributed by atoms with Crippen LogP contribution in [-0.2, 0) is 4.79 Å². The number of quaternary nitrogens is 2. The lowest BCUT2D eigenvalue weighted by Crippen LogP contribution is -3.00. The van der Waals surface area contributed by atoms with E-state index in [0.717, 1.165) is 25.3 Å². The van der Waals surface area contributed by atoms with Gasteiger partial charge in [-0.1, -0.05) is 46.3 Å². The van der Waals surface area contributed by atoms with Crippen LogP contribution in [-0.4, -0.2) is 38.2 Å². The van der Waals surface area contributed by atoms with Gasteiger partial charge >= 0.3 is 0 Å². The van der Waals surface area contributed by atoms with Gasteiger partial charge in [0.05, 0.1) is 11.6 Å². The van der Waals surface area contributed by atoms with Gasteiger partial charge in [-0.05, 0) is 62.3 Å². The van der Waals surface area contributed by atoms with Crippen LogP contribution in [0.2, 0.25) is 0 Å². The van der Waals surface area contributed by atoms with Gasteiger partial charge in [0.1, 0.15) is 10.5 Å². The first kappa shape index (κ1) is 26.9. The molecular weight excluding hydrogens is 558 g/mol. The number of benzene rings is 2. The molecule has 2 aromatic rings. The molecule has 6 rings (SSSR count). The van der Waals surface area contributed by atoms with E-state index < -0.39 is 32.4 Å². The van der Waals surface area contributed by atoms with E-state index in [1.54, 1.807) is 30.3 Å². The van der Waals surface area contributed by atoms with E-state index in [9.17, 15) is 30.4 Å². The largest absolute Gasteiger partial charge is 0.595 e. The zero-order chi connectivity index (χ0) is 27.0. The Bertz CT molecular complexity index is 1200. The quantitative estimate of drug-likeness (QED) is 0.0647. The molecule has 202 valence electrons. The molecule has 2 aromatic carbocycles. The number of aliphatic imine (C=N–C) groups is 1. The highest BCUT2D eigenvalue weighted by atomic mass is 79.9. The maximum atomic E-state index is 13.7. The van der Waals surface area contributed by atoms with Crippen LogP contribution in [0.3, 0.4) is 0 Å². The molecule has 4 saturated carbocycles. The van der Waals surface area contributed by atoms with Gasteiger partial charge in [0.15, 0.2) is 23.0 Å². The lowest BCUT2D eigenvalue weighted by molar-refractivity contribution is -0.996. The minimum absolute atomic E-state index is 0.0586. The van der Waals surface area contributed by atoms with E-state index >= 15 is 0 Å². The fraction of sp³-hybridized carbons (Fsp3) is 0.423. The molecule has 0 spiro atoms. The first-order valence-electron chi connectivity index (χ1n) is 12.6. The topological polar surface area (TPSA) is 166 Å². The molecule has 6 N–H and O–H groups in total. The van der Waals surface area contributed by atoms with Crippen LogP contribution in [0.25, 0.3) is 0 Å². The predicted octanol–water partition coefficient (Wildman–Crippen LogP) is 1.99. The number of nitrogens with zero attached hydrogens (tertiary/aromatic N) is 1. The van der Waals surface area contributed by atoms with Gasteiger partial charge in [0.2, 0.25) is 5.78 Å². The highest BCUT2D eigenvalue weighted by molar-refractivity contribution is 9.10. The summed E-state index contributed by atoms with van der Waals surface area (Å²) in [4.78, 5) is 30.5. The van der Waals surface area contributed by atoms with Crippen LogP contribution in [0.15, 0.2) is 53.5 Å². The first-order valence-corrected chi connectivity index (χ1v) is 13.6. The van der Waals surface area contributed by atoms with E-state index in [0.29, 0.717) is 23.3 Å². The number of carbonyl (C=O) groups excluding carboxylic acids is 2. The zero-order valence-corrected chi connectivity index (χ0v) is 22.1. The minimum atomic E-state index is -1.33. The second-order valence-corrected chi connectivity index (χ2v) is 11.6. The van der Waals surface area contributed by atoms with Crippen LogP contribution >= 0.6 is 15.9 Å². The molecule has 0 aliphatic heterocycles. The summed E-state index contributed by atoms with van der Waals surface area (Å²) in [5.41, 5.74) is 5.13. The molecule has 3 atom stereocenters. The number of hydrogen-bond acceptors (Lipinski definition) is 8. The molecule has 0 saturated heterocycles. The zero-order valence-electron chi connectivity index (χ0n) is 20.5. The summed E-state index contributed by atoms with van der Waals surface area (Å²) in [7, 11) is 0. The van der Waals surface area contributed by atoms with Crippen LogP contribution in [0, 0.1) is 28.2 Å². The molecule has 11 nitrogen and oxygen atoms in total. The van der Waals surface area contributed by atoms with Crippen LogP contribution in [0.1, 0.15) is 48.9 Å². The van der Waals surface area contributed by atoms with E-state index in [2.05, 4.69) is 26.8 Å². The molecule has 0 amide bonds. The highest BCUT2D eigenvalue weighted by Gasteiger charge is 2.51. The van der Waals surface area contributed by atoms with Crippen molar-refractivity contribution in [1.82, 2.24) is 5.43 Å². The van der Waals surface area contributed by atoms with Crippen molar-refractivity contribution in [2.24, 2.45) is 22.7 Å². The average molecular weight is 588 g/mol. The molecule has 4 aliphatic carbocycles. The fourth-order valence-electron chi connectivity index (χ4n) is 6.66. The van der Waals surface area contributed by atoms with Gasteiger partial charge in [0.25, 0.3) is 0 Å². The Balaban J connectivity index is 1.45. The van der Waals surface area contributed by atoms with Crippen molar-refractivity contribution in [2.75, 3.05) is 5.43 Å². The minimum Gasteiger partial charge on any atom is -0.595 e. The van der Waals surface area contributed by atoms with Gasteiger partial charge in [-0.15, -0.1) is 0 Å².